The van der Waals surface area contributed by atoms with E-state index >= 15 is 0 Å². The summed E-state index contributed by atoms with van der Waals surface area (Å²) in [7, 11) is 0. The molecule has 154 valence electrons. The van der Waals surface area contributed by atoms with E-state index < -0.39 is 17.9 Å². The summed E-state index contributed by atoms with van der Waals surface area (Å²) < 4.78 is 0. The molecule has 9 heteroatoms. The first kappa shape index (κ1) is 21.6. The van der Waals surface area contributed by atoms with Gasteiger partial charge in [0.25, 0.3) is 17.7 Å². The van der Waals surface area contributed by atoms with Gasteiger partial charge >= 0.3 is 0 Å². The quantitative estimate of drug-likeness (QED) is 0.615. The van der Waals surface area contributed by atoms with Crippen molar-refractivity contribution in [2.24, 2.45) is 5.92 Å². The number of fused-ring (bicyclic) bond motifs is 1. The number of hydrazine groups is 1. The molecule has 2 atom stereocenters. The van der Waals surface area contributed by atoms with Gasteiger partial charge in [-0.3, -0.25) is 25.2 Å². The number of benzene rings is 1. The molecule has 0 aliphatic heterocycles. The van der Waals surface area contributed by atoms with Gasteiger partial charge < -0.3 is 5.32 Å². The molecular formula is C20H21Cl2N3O3S. The largest absolute Gasteiger partial charge is 0.340 e. The van der Waals surface area contributed by atoms with E-state index in [1.807, 2.05) is 6.07 Å². The topological polar surface area (TPSA) is 87.3 Å². The summed E-state index contributed by atoms with van der Waals surface area (Å²) >= 11 is 13.4. The van der Waals surface area contributed by atoms with Gasteiger partial charge in [0.05, 0.1) is 20.5 Å². The Bertz CT molecular complexity index is 960. The highest BCUT2D eigenvalue weighted by Gasteiger charge is 2.22. The number of nitrogens with one attached hydrogen (secondary N) is 3. The third kappa shape index (κ3) is 5.10. The molecule has 3 rings (SSSR count). The van der Waals surface area contributed by atoms with Crippen LogP contribution in [0.15, 0.2) is 24.3 Å². The first-order valence-corrected chi connectivity index (χ1v) is 10.8. The molecule has 0 bridgehead atoms. The maximum atomic E-state index is 12.4. The van der Waals surface area contributed by atoms with Gasteiger partial charge in [-0.15, -0.1) is 11.3 Å². The van der Waals surface area contributed by atoms with Gasteiger partial charge in [0.2, 0.25) is 0 Å². The van der Waals surface area contributed by atoms with Crippen molar-refractivity contribution in [3.8, 4) is 0 Å². The second-order valence-corrected chi connectivity index (χ2v) is 9.07. The van der Waals surface area contributed by atoms with Gasteiger partial charge in [0.15, 0.2) is 0 Å². The molecule has 0 radical (unpaired) electrons. The minimum absolute atomic E-state index is 0.114. The normalized spacial score (nSPS) is 16.5. The van der Waals surface area contributed by atoms with Crippen LogP contribution in [0.25, 0.3) is 0 Å². The van der Waals surface area contributed by atoms with Crippen molar-refractivity contribution in [3.63, 3.8) is 0 Å². The summed E-state index contributed by atoms with van der Waals surface area (Å²) in [6.45, 7) is 3.70. The van der Waals surface area contributed by atoms with Crippen molar-refractivity contribution in [3.05, 3.63) is 55.2 Å². The number of amides is 3. The molecular weight excluding hydrogens is 433 g/mol. The molecule has 0 saturated carbocycles. The Hall–Kier alpha value is -2.09. The standard InChI is InChI=1S/C20H21Cl2N3O3S/c1-10-6-7-15-12(8-10)9-16(29-15)20(28)25-24-18(26)11(2)23-19(27)13-4-3-5-14(21)17(13)22/h3-5,9-11H,6-8H2,1-2H3,(H,23,27)(H,24,26)(H,25,28). The Kier molecular flexibility index (Phi) is 6.82. The average molecular weight is 454 g/mol. The highest BCUT2D eigenvalue weighted by atomic mass is 35.5. The lowest BCUT2D eigenvalue weighted by Gasteiger charge is -2.16. The average Bonchev–Trinajstić information content (AvgIpc) is 3.11. The number of thiophene rings is 1. The number of carbonyl (C=O) groups is 3. The Morgan fingerprint density at radius 2 is 1.93 bits per heavy atom. The molecule has 2 aromatic rings. The van der Waals surface area contributed by atoms with Crippen LogP contribution in [0.4, 0.5) is 0 Å². The molecule has 0 saturated heterocycles. The van der Waals surface area contributed by atoms with Crippen molar-refractivity contribution < 1.29 is 14.4 Å². The van der Waals surface area contributed by atoms with Crippen molar-refractivity contribution in [1.82, 2.24) is 16.2 Å². The second-order valence-electron chi connectivity index (χ2n) is 7.15. The molecule has 1 aliphatic carbocycles. The number of hydrogen-bond acceptors (Lipinski definition) is 4. The molecule has 6 nitrogen and oxygen atoms in total. The number of rotatable bonds is 4. The van der Waals surface area contributed by atoms with Crippen molar-refractivity contribution >= 4 is 52.3 Å². The summed E-state index contributed by atoms with van der Waals surface area (Å²) in [6.07, 6.45) is 3.08. The maximum absolute atomic E-state index is 12.4. The van der Waals surface area contributed by atoms with E-state index in [9.17, 15) is 14.4 Å². The van der Waals surface area contributed by atoms with Gasteiger partial charge in [-0.1, -0.05) is 36.2 Å². The fourth-order valence-corrected chi connectivity index (χ4v) is 4.62. The smallest absolute Gasteiger partial charge is 0.279 e. The van der Waals surface area contributed by atoms with Crippen molar-refractivity contribution in [2.45, 2.75) is 39.2 Å². The number of aryl methyl sites for hydroxylation is 1. The Morgan fingerprint density at radius 1 is 1.17 bits per heavy atom. The van der Waals surface area contributed by atoms with Gasteiger partial charge in [0.1, 0.15) is 6.04 Å². The Morgan fingerprint density at radius 3 is 2.69 bits per heavy atom. The molecule has 0 spiro atoms. The van der Waals surface area contributed by atoms with Crippen LogP contribution in [0.2, 0.25) is 10.0 Å². The molecule has 2 unspecified atom stereocenters. The molecule has 1 aliphatic rings. The van der Waals surface area contributed by atoms with Crippen LogP contribution in [-0.2, 0) is 17.6 Å². The van der Waals surface area contributed by atoms with E-state index in [-0.39, 0.29) is 21.5 Å². The summed E-state index contributed by atoms with van der Waals surface area (Å²) in [5.74, 6) is -0.849. The minimum Gasteiger partial charge on any atom is -0.340 e. The number of halogens is 2. The van der Waals surface area contributed by atoms with Gasteiger partial charge in [-0.2, -0.15) is 0 Å². The predicted molar refractivity (Wildman–Crippen MR) is 115 cm³/mol. The van der Waals surface area contributed by atoms with Gasteiger partial charge in [0, 0.05) is 4.88 Å². The van der Waals surface area contributed by atoms with Crippen LogP contribution < -0.4 is 16.2 Å². The molecule has 29 heavy (non-hydrogen) atoms. The third-order valence-electron chi connectivity index (χ3n) is 4.79. The van der Waals surface area contributed by atoms with Crippen LogP contribution >= 0.6 is 34.5 Å². The lowest BCUT2D eigenvalue weighted by molar-refractivity contribution is -0.123. The van der Waals surface area contributed by atoms with Crippen molar-refractivity contribution in [1.29, 1.82) is 0 Å². The third-order valence-corrected chi connectivity index (χ3v) is 6.84. The van der Waals surface area contributed by atoms with E-state index in [1.54, 1.807) is 12.1 Å². The zero-order chi connectivity index (χ0) is 21.1. The van der Waals surface area contributed by atoms with Gasteiger partial charge in [-0.05, 0) is 55.9 Å². The SMILES string of the molecule is CC1CCc2sc(C(=O)NNC(=O)C(C)NC(=O)c3cccc(Cl)c3Cl)cc2C1. The van der Waals surface area contributed by atoms with Crippen LogP contribution in [0.1, 0.15) is 50.7 Å². The van der Waals surface area contributed by atoms with E-state index in [1.165, 1.54) is 34.8 Å². The molecule has 0 fully saturated rings. The van der Waals surface area contributed by atoms with E-state index in [0.29, 0.717) is 10.8 Å². The van der Waals surface area contributed by atoms with Crippen LogP contribution in [0.5, 0.6) is 0 Å². The Labute approximate surface area is 182 Å². The van der Waals surface area contributed by atoms with E-state index in [0.717, 1.165) is 19.3 Å². The number of carbonyl (C=O) groups excluding carboxylic acids is 3. The fraction of sp³-hybridized carbons (Fsp3) is 0.350. The molecule has 3 amide bonds. The summed E-state index contributed by atoms with van der Waals surface area (Å²) in [6, 6.07) is 5.67. The zero-order valence-electron chi connectivity index (χ0n) is 16.0. The minimum atomic E-state index is -0.893. The molecule has 1 heterocycles. The van der Waals surface area contributed by atoms with E-state index in [4.69, 9.17) is 23.2 Å². The summed E-state index contributed by atoms with van der Waals surface area (Å²) in [5, 5.41) is 2.89. The van der Waals surface area contributed by atoms with Crippen LogP contribution in [-0.4, -0.2) is 23.8 Å². The lowest BCUT2D eigenvalue weighted by Crippen LogP contribution is -2.51. The lowest BCUT2D eigenvalue weighted by atomic mass is 9.90. The first-order valence-electron chi connectivity index (χ1n) is 9.23. The Balaban J connectivity index is 1.54. The van der Waals surface area contributed by atoms with Crippen LogP contribution in [0, 0.1) is 5.92 Å². The van der Waals surface area contributed by atoms with E-state index in [2.05, 4.69) is 23.1 Å². The zero-order valence-corrected chi connectivity index (χ0v) is 18.3. The highest BCUT2D eigenvalue weighted by molar-refractivity contribution is 7.14. The molecule has 1 aromatic heterocycles. The van der Waals surface area contributed by atoms with Crippen LogP contribution in [0.3, 0.4) is 0 Å². The maximum Gasteiger partial charge on any atom is 0.279 e. The van der Waals surface area contributed by atoms with Gasteiger partial charge in [-0.25, -0.2) is 0 Å². The summed E-state index contributed by atoms with van der Waals surface area (Å²) in [5.41, 5.74) is 6.13. The summed E-state index contributed by atoms with van der Waals surface area (Å²) in [4.78, 5) is 38.7. The predicted octanol–water partition coefficient (Wildman–Crippen LogP) is 3.76. The van der Waals surface area contributed by atoms with Crippen molar-refractivity contribution in [2.75, 3.05) is 0 Å². The fourth-order valence-electron chi connectivity index (χ4n) is 3.13. The molecule has 3 N–H and O–H groups in total. The monoisotopic (exact) mass is 453 g/mol. The first-order chi connectivity index (χ1) is 13.8. The number of hydrogen-bond donors (Lipinski definition) is 3. The highest BCUT2D eigenvalue weighted by Crippen LogP contribution is 2.32. The second kappa shape index (κ2) is 9.15. The molecule has 1 aromatic carbocycles.